The number of aromatic nitrogens is 3. The highest BCUT2D eigenvalue weighted by molar-refractivity contribution is 5.90. The molecule has 0 radical (unpaired) electrons. The van der Waals surface area contributed by atoms with Crippen LogP contribution in [0.4, 0.5) is 4.39 Å². The Morgan fingerprint density at radius 1 is 1.36 bits per heavy atom. The fourth-order valence-electron chi connectivity index (χ4n) is 2.06. The maximum atomic E-state index is 13.0. The van der Waals surface area contributed by atoms with Gasteiger partial charge in [-0.3, -0.25) is 0 Å². The number of esters is 1. The van der Waals surface area contributed by atoms with Crippen molar-refractivity contribution in [3.8, 4) is 17.3 Å². The van der Waals surface area contributed by atoms with Crippen LogP contribution in [0.25, 0.3) is 16.9 Å². The third-order valence-corrected chi connectivity index (χ3v) is 3.13. The molecule has 6 nitrogen and oxygen atoms in total. The Balaban J connectivity index is 2.29. The average Bonchev–Trinajstić information content (AvgIpc) is 2.97. The Morgan fingerprint density at radius 3 is 2.73 bits per heavy atom. The minimum Gasteiger partial charge on any atom is -0.464 e. The number of carbonyl (C=O) groups is 1. The van der Waals surface area contributed by atoms with Crippen LogP contribution in [0.1, 0.15) is 16.1 Å². The maximum absolute atomic E-state index is 13.0. The summed E-state index contributed by atoms with van der Waals surface area (Å²) in [7, 11) is 1.25. The number of rotatable bonds is 2. The second-order valence-electron chi connectivity index (χ2n) is 4.43. The number of carbonyl (C=O) groups excluding carboxylic acids is 1. The molecule has 0 bridgehead atoms. The van der Waals surface area contributed by atoms with Gasteiger partial charge in [0.25, 0.3) is 0 Å². The van der Waals surface area contributed by atoms with Crippen molar-refractivity contribution in [2.24, 2.45) is 0 Å². The molecule has 0 N–H and O–H groups in total. The number of ether oxygens (including phenoxy) is 1. The van der Waals surface area contributed by atoms with E-state index in [1.807, 2.05) is 6.07 Å². The van der Waals surface area contributed by atoms with Gasteiger partial charge in [-0.25, -0.2) is 18.7 Å². The molecule has 0 spiro atoms. The molecule has 0 fully saturated rings. The van der Waals surface area contributed by atoms with Gasteiger partial charge < -0.3 is 4.74 Å². The third kappa shape index (κ3) is 2.16. The topological polar surface area (TPSA) is 80.3 Å². The van der Waals surface area contributed by atoms with Crippen LogP contribution in [-0.2, 0) is 4.74 Å². The zero-order valence-corrected chi connectivity index (χ0v) is 11.4. The molecule has 0 amide bonds. The lowest BCUT2D eigenvalue weighted by Gasteiger charge is -2.07. The molecule has 2 heterocycles. The second kappa shape index (κ2) is 5.26. The predicted octanol–water partition coefficient (Wildman–Crippen LogP) is 2.19. The normalized spacial score (nSPS) is 10.4. The van der Waals surface area contributed by atoms with Crippen molar-refractivity contribution in [3.63, 3.8) is 0 Å². The molecule has 1 aromatic carbocycles. The van der Waals surface area contributed by atoms with Crippen molar-refractivity contribution >= 4 is 11.6 Å². The Labute approximate surface area is 124 Å². The number of halogens is 1. The number of methoxy groups -OCH3 is 1. The van der Waals surface area contributed by atoms with Crippen LogP contribution in [0.3, 0.4) is 0 Å². The van der Waals surface area contributed by atoms with Crippen LogP contribution in [0, 0.1) is 17.1 Å². The molecule has 0 atom stereocenters. The number of hydrogen-bond acceptors (Lipinski definition) is 5. The molecular formula is C15H9FN4O2. The Bertz CT molecular complexity index is 910. The first-order chi connectivity index (χ1) is 10.6. The van der Waals surface area contributed by atoms with Crippen LogP contribution in [0.2, 0.25) is 0 Å². The summed E-state index contributed by atoms with van der Waals surface area (Å²) in [5, 5.41) is 13.1. The van der Waals surface area contributed by atoms with E-state index < -0.39 is 5.97 Å². The van der Waals surface area contributed by atoms with Crippen molar-refractivity contribution in [2.45, 2.75) is 0 Å². The maximum Gasteiger partial charge on any atom is 0.356 e. The molecule has 108 valence electrons. The van der Waals surface area contributed by atoms with Crippen LogP contribution in [0.15, 0.2) is 36.5 Å². The quantitative estimate of drug-likeness (QED) is 0.677. The Hall–Kier alpha value is -3.27. The molecule has 3 aromatic rings. The number of nitriles is 1. The molecular weight excluding hydrogens is 287 g/mol. The summed E-state index contributed by atoms with van der Waals surface area (Å²) in [4.78, 5) is 16.2. The molecule has 22 heavy (non-hydrogen) atoms. The molecule has 0 aliphatic heterocycles. The van der Waals surface area contributed by atoms with Gasteiger partial charge in [-0.05, 0) is 30.3 Å². The van der Waals surface area contributed by atoms with E-state index >= 15 is 0 Å². The van der Waals surface area contributed by atoms with E-state index in [0.29, 0.717) is 11.3 Å². The summed E-state index contributed by atoms with van der Waals surface area (Å²) in [6.07, 6.45) is 1.32. The Kier molecular flexibility index (Phi) is 3.27. The summed E-state index contributed by atoms with van der Waals surface area (Å²) in [5.41, 5.74) is 1.64. The van der Waals surface area contributed by atoms with Crippen LogP contribution in [0.5, 0.6) is 0 Å². The highest BCUT2D eigenvalue weighted by atomic mass is 19.1. The van der Waals surface area contributed by atoms with Crippen molar-refractivity contribution in [1.82, 2.24) is 14.6 Å². The summed E-state index contributed by atoms with van der Waals surface area (Å²) >= 11 is 0. The molecule has 7 heteroatoms. The third-order valence-electron chi connectivity index (χ3n) is 3.13. The minimum absolute atomic E-state index is 0.133. The van der Waals surface area contributed by atoms with Crippen LogP contribution in [-0.4, -0.2) is 27.7 Å². The summed E-state index contributed by atoms with van der Waals surface area (Å²) in [5.74, 6) is -0.983. The van der Waals surface area contributed by atoms with Crippen LogP contribution < -0.4 is 0 Å². The van der Waals surface area contributed by atoms with Crippen molar-refractivity contribution in [2.75, 3.05) is 7.11 Å². The van der Waals surface area contributed by atoms with E-state index in [2.05, 4.69) is 10.1 Å². The van der Waals surface area contributed by atoms with E-state index in [0.717, 1.165) is 0 Å². The van der Waals surface area contributed by atoms with Gasteiger partial charge in [0.05, 0.1) is 19.0 Å². The largest absolute Gasteiger partial charge is 0.464 e. The van der Waals surface area contributed by atoms with Gasteiger partial charge in [-0.1, -0.05) is 0 Å². The smallest absolute Gasteiger partial charge is 0.356 e. The molecule has 0 saturated carbocycles. The van der Waals surface area contributed by atoms with E-state index in [9.17, 15) is 9.18 Å². The first-order valence-electron chi connectivity index (χ1n) is 6.27. The minimum atomic E-state index is -0.608. The molecule has 0 aliphatic rings. The molecule has 3 rings (SSSR count). The molecule has 0 saturated heterocycles. The number of hydrogen-bond donors (Lipinski definition) is 0. The van der Waals surface area contributed by atoms with Gasteiger partial charge in [0, 0.05) is 5.56 Å². The second-order valence-corrected chi connectivity index (χ2v) is 4.43. The average molecular weight is 296 g/mol. The summed E-state index contributed by atoms with van der Waals surface area (Å²) in [6.45, 7) is 0. The van der Waals surface area contributed by atoms with E-state index in [1.54, 1.807) is 0 Å². The highest BCUT2D eigenvalue weighted by Crippen LogP contribution is 2.22. The van der Waals surface area contributed by atoms with Gasteiger partial charge in [-0.15, -0.1) is 0 Å². The lowest BCUT2D eigenvalue weighted by atomic mass is 10.1. The van der Waals surface area contributed by atoms with E-state index in [1.165, 1.54) is 48.2 Å². The van der Waals surface area contributed by atoms with Gasteiger partial charge in [-0.2, -0.15) is 10.4 Å². The van der Waals surface area contributed by atoms with Gasteiger partial charge in [0.1, 0.15) is 17.4 Å². The van der Waals surface area contributed by atoms with Crippen molar-refractivity contribution < 1.29 is 13.9 Å². The molecule has 0 unspecified atom stereocenters. The fourth-order valence-corrected chi connectivity index (χ4v) is 2.06. The van der Waals surface area contributed by atoms with E-state index in [-0.39, 0.29) is 22.7 Å². The SMILES string of the molecule is COC(=O)c1cc(-c2ccc(F)cc2)nc2c(C#N)cnn12. The van der Waals surface area contributed by atoms with E-state index in [4.69, 9.17) is 10.00 Å². The summed E-state index contributed by atoms with van der Waals surface area (Å²) < 4.78 is 19.0. The fraction of sp³-hybridized carbons (Fsp3) is 0.0667. The van der Waals surface area contributed by atoms with Gasteiger partial charge in [0.15, 0.2) is 11.3 Å². The zero-order chi connectivity index (χ0) is 15.7. The number of fused-ring (bicyclic) bond motifs is 1. The lowest BCUT2D eigenvalue weighted by Crippen LogP contribution is -2.10. The first-order valence-corrected chi connectivity index (χ1v) is 6.27. The van der Waals surface area contributed by atoms with Gasteiger partial charge >= 0.3 is 5.97 Å². The highest BCUT2D eigenvalue weighted by Gasteiger charge is 2.17. The zero-order valence-electron chi connectivity index (χ0n) is 11.4. The standard InChI is InChI=1S/C15H9FN4O2/c1-22-15(21)13-6-12(9-2-4-11(16)5-3-9)19-14-10(7-17)8-18-20(13)14/h2-6,8H,1H3. The number of nitrogens with zero attached hydrogens (tertiary/aromatic N) is 4. The van der Waals surface area contributed by atoms with Crippen LogP contribution >= 0.6 is 0 Å². The lowest BCUT2D eigenvalue weighted by molar-refractivity contribution is 0.0590. The molecule has 0 aliphatic carbocycles. The first kappa shape index (κ1) is 13.7. The number of benzene rings is 1. The monoisotopic (exact) mass is 296 g/mol. The van der Waals surface area contributed by atoms with Crippen molar-refractivity contribution in [3.05, 3.63) is 53.6 Å². The summed E-state index contributed by atoms with van der Waals surface area (Å²) in [6, 6.07) is 9.11. The Morgan fingerprint density at radius 2 is 2.09 bits per heavy atom. The van der Waals surface area contributed by atoms with Gasteiger partial charge in [0.2, 0.25) is 0 Å². The molecule has 2 aromatic heterocycles. The predicted molar refractivity (Wildman–Crippen MR) is 74.4 cm³/mol. The van der Waals surface area contributed by atoms with Crippen molar-refractivity contribution in [1.29, 1.82) is 5.26 Å².